The molecule has 0 spiro atoms. The van der Waals surface area contributed by atoms with Crippen LogP contribution in [0.3, 0.4) is 0 Å². The fourth-order valence-electron chi connectivity index (χ4n) is 2.89. The van der Waals surface area contributed by atoms with Gasteiger partial charge in [-0.15, -0.1) is 0 Å². The van der Waals surface area contributed by atoms with Gasteiger partial charge in [-0.3, -0.25) is 14.5 Å². The second kappa shape index (κ2) is 7.26. The Morgan fingerprint density at radius 3 is 3.13 bits per heavy atom. The van der Waals surface area contributed by atoms with E-state index in [-0.39, 0.29) is 25.0 Å². The van der Waals surface area contributed by atoms with E-state index in [0.717, 1.165) is 19.3 Å². The van der Waals surface area contributed by atoms with E-state index in [1.165, 1.54) is 23.3 Å². The van der Waals surface area contributed by atoms with Crippen molar-refractivity contribution in [2.24, 2.45) is 0 Å². The summed E-state index contributed by atoms with van der Waals surface area (Å²) in [5, 5.41) is 2.89. The van der Waals surface area contributed by atoms with E-state index in [9.17, 15) is 9.59 Å². The van der Waals surface area contributed by atoms with Gasteiger partial charge in [-0.1, -0.05) is 11.6 Å². The largest absolute Gasteiger partial charge is 0.480 e. The molecular weight excluding hydrogens is 294 g/mol. The Balaban J connectivity index is 1.53. The normalized spacial score (nSPS) is 17.1. The minimum Gasteiger partial charge on any atom is -0.480 e. The Bertz CT molecular complexity index is 627. The zero-order valence-electron chi connectivity index (χ0n) is 13.1. The van der Waals surface area contributed by atoms with E-state index in [2.05, 4.69) is 16.4 Å². The van der Waals surface area contributed by atoms with Crippen LogP contribution in [0.1, 0.15) is 32.1 Å². The molecule has 1 aliphatic heterocycles. The zero-order chi connectivity index (χ0) is 16.1. The average molecular weight is 315 g/mol. The lowest BCUT2D eigenvalue weighted by Crippen LogP contribution is -2.45. The maximum absolute atomic E-state index is 12.1. The standard InChI is InChI=1S/C17H21N3O3/c21-15(18-10-8-13-5-2-1-3-6-13)11-20-16(22)12-23-14-7-4-9-19-17(14)20/h4-5,7,9H,1-3,6,8,10-12H2,(H,18,21). The van der Waals surface area contributed by atoms with Crippen LogP contribution in [-0.2, 0) is 9.59 Å². The number of anilines is 1. The van der Waals surface area contributed by atoms with Crippen LogP contribution in [0.2, 0.25) is 0 Å². The highest BCUT2D eigenvalue weighted by Gasteiger charge is 2.28. The van der Waals surface area contributed by atoms with Crippen LogP contribution >= 0.6 is 0 Å². The first kappa shape index (κ1) is 15.5. The van der Waals surface area contributed by atoms with Crippen LogP contribution in [0.4, 0.5) is 5.82 Å². The Kier molecular flexibility index (Phi) is 4.90. The summed E-state index contributed by atoms with van der Waals surface area (Å²) >= 11 is 0. The summed E-state index contributed by atoms with van der Waals surface area (Å²) in [7, 11) is 0. The molecule has 1 aromatic rings. The van der Waals surface area contributed by atoms with E-state index in [4.69, 9.17) is 4.74 Å². The minimum atomic E-state index is -0.249. The molecule has 1 N–H and O–H groups in total. The molecule has 3 rings (SSSR count). The third-order valence-corrected chi connectivity index (χ3v) is 4.11. The van der Waals surface area contributed by atoms with E-state index >= 15 is 0 Å². The van der Waals surface area contributed by atoms with E-state index in [0.29, 0.717) is 18.1 Å². The van der Waals surface area contributed by atoms with Gasteiger partial charge >= 0.3 is 0 Å². The van der Waals surface area contributed by atoms with Crippen molar-refractivity contribution in [3.63, 3.8) is 0 Å². The first-order valence-electron chi connectivity index (χ1n) is 8.07. The van der Waals surface area contributed by atoms with E-state index in [1.807, 2.05) is 0 Å². The van der Waals surface area contributed by atoms with Crippen LogP contribution < -0.4 is 15.0 Å². The number of hydrogen-bond donors (Lipinski definition) is 1. The van der Waals surface area contributed by atoms with Gasteiger partial charge in [-0.2, -0.15) is 0 Å². The van der Waals surface area contributed by atoms with Gasteiger partial charge in [0.1, 0.15) is 6.54 Å². The molecule has 0 saturated heterocycles. The molecule has 0 radical (unpaired) electrons. The van der Waals surface area contributed by atoms with Crippen molar-refractivity contribution in [3.05, 3.63) is 30.0 Å². The maximum atomic E-state index is 12.1. The van der Waals surface area contributed by atoms with Crippen molar-refractivity contribution >= 4 is 17.6 Å². The number of aromatic nitrogens is 1. The van der Waals surface area contributed by atoms with E-state index in [1.54, 1.807) is 18.3 Å². The van der Waals surface area contributed by atoms with Gasteiger partial charge in [-0.25, -0.2) is 4.98 Å². The molecule has 6 nitrogen and oxygen atoms in total. The predicted octanol–water partition coefficient (Wildman–Crippen LogP) is 1.81. The Labute approximate surface area is 135 Å². The van der Waals surface area contributed by atoms with Crippen LogP contribution in [0, 0.1) is 0 Å². The minimum absolute atomic E-state index is 0.0226. The number of pyridine rings is 1. The van der Waals surface area contributed by atoms with Crippen molar-refractivity contribution in [1.29, 1.82) is 0 Å². The first-order valence-corrected chi connectivity index (χ1v) is 8.07. The van der Waals surface area contributed by atoms with Crippen LogP contribution in [0.5, 0.6) is 5.75 Å². The molecule has 122 valence electrons. The molecule has 1 aromatic heterocycles. The summed E-state index contributed by atoms with van der Waals surface area (Å²) in [6.07, 6.45) is 9.54. The smallest absolute Gasteiger partial charge is 0.266 e. The van der Waals surface area contributed by atoms with E-state index < -0.39 is 0 Å². The lowest BCUT2D eigenvalue weighted by molar-refractivity contribution is -0.125. The van der Waals surface area contributed by atoms with Gasteiger partial charge < -0.3 is 10.1 Å². The summed E-state index contributed by atoms with van der Waals surface area (Å²) in [6, 6.07) is 3.49. The Morgan fingerprint density at radius 2 is 2.30 bits per heavy atom. The maximum Gasteiger partial charge on any atom is 0.266 e. The molecule has 0 unspecified atom stereocenters. The summed E-state index contributed by atoms with van der Waals surface area (Å²) in [5.74, 6) is 0.524. The summed E-state index contributed by atoms with van der Waals surface area (Å²) in [4.78, 5) is 29.6. The molecule has 2 amide bonds. The predicted molar refractivity (Wildman–Crippen MR) is 86.3 cm³/mol. The monoisotopic (exact) mass is 315 g/mol. The number of allylic oxidation sites excluding steroid dienone is 1. The lowest BCUT2D eigenvalue weighted by Gasteiger charge is -2.27. The highest BCUT2D eigenvalue weighted by atomic mass is 16.5. The van der Waals surface area contributed by atoms with Crippen molar-refractivity contribution in [2.75, 3.05) is 24.6 Å². The Hall–Kier alpha value is -2.37. The molecule has 0 aromatic carbocycles. The molecular formula is C17H21N3O3. The van der Waals surface area contributed by atoms with Gasteiger partial charge in [0, 0.05) is 12.7 Å². The molecule has 0 fully saturated rings. The molecule has 0 bridgehead atoms. The quantitative estimate of drug-likeness (QED) is 0.841. The van der Waals surface area contributed by atoms with Crippen molar-refractivity contribution in [3.8, 4) is 5.75 Å². The number of fused-ring (bicyclic) bond motifs is 1. The second-order valence-corrected chi connectivity index (χ2v) is 5.80. The number of ether oxygens (including phenoxy) is 1. The second-order valence-electron chi connectivity index (χ2n) is 5.80. The average Bonchev–Trinajstić information content (AvgIpc) is 2.58. The zero-order valence-corrected chi connectivity index (χ0v) is 13.1. The van der Waals surface area contributed by atoms with Crippen LogP contribution in [0.25, 0.3) is 0 Å². The van der Waals surface area contributed by atoms with Gasteiger partial charge in [0.2, 0.25) is 5.91 Å². The molecule has 0 saturated carbocycles. The first-order chi connectivity index (χ1) is 11.2. The molecule has 6 heteroatoms. The Morgan fingerprint density at radius 1 is 1.39 bits per heavy atom. The summed E-state index contributed by atoms with van der Waals surface area (Å²) in [5.41, 5.74) is 1.42. The lowest BCUT2D eigenvalue weighted by atomic mass is 9.97. The number of carbonyl (C=O) groups is 2. The van der Waals surface area contributed by atoms with Gasteiger partial charge in [0.05, 0.1) is 0 Å². The SMILES string of the molecule is O=C(CN1C(=O)COc2cccnc21)NCCC1=CCCCC1. The summed E-state index contributed by atoms with van der Waals surface area (Å²) < 4.78 is 5.32. The number of nitrogens with one attached hydrogen (secondary N) is 1. The number of nitrogens with zero attached hydrogens (tertiary/aromatic N) is 2. The van der Waals surface area contributed by atoms with Gasteiger partial charge in [0.25, 0.3) is 5.91 Å². The fraction of sp³-hybridized carbons (Fsp3) is 0.471. The third kappa shape index (κ3) is 3.88. The number of hydrogen-bond acceptors (Lipinski definition) is 4. The number of amides is 2. The van der Waals surface area contributed by atoms with Crippen LogP contribution in [-0.4, -0.2) is 36.5 Å². The highest BCUT2D eigenvalue weighted by Crippen LogP contribution is 2.28. The van der Waals surface area contributed by atoms with Crippen molar-refractivity contribution < 1.29 is 14.3 Å². The molecule has 2 aliphatic rings. The van der Waals surface area contributed by atoms with Gasteiger partial charge in [-0.05, 0) is 44.2 Å². The molecule has 2 heterocycles. The van der Waals surface area contributed by atoms with Gasteiger partial charge in [0.15, 0.2) is 18.2 Å². The highest BCUT2D eigenvalue weighted by molar-refractivity contribution is 6.01. The van der Waals surface area contributed by atoms with Crippen molar-refractivity contribution in [1.82, 2.24) is 10.3 Å². The molecule has 1 aliphatic carbocycles. The molecule has 23 heavy (non-hydrogen) atoms. The topological polar surface area (TPSA) is 71.5 Å². The fourth-order valence-corrected chi connectivity index (χ4v) is 2.89. The van der Waals surface area contributed by atoms with Crippen molar-refractivity contribution in [2.45, 2.75) is 32.1 Å². The third-order valence-electron chi connectivity index (χ3n) is 4.11. The number of rotatable bonds is 5. The summed E-state index contributed by atoms with van der Waals surface area (Å²) in [6.45, 7) is 0.530. The van der Waals surface area contributed by atoms with Crippen LogP contribution in [0.15, 0.2) is 30.0 Å². The number of carbonyl (C=O) groups excluding carboxylic acids is 2. The molecule has 0 atom stereocenters.